The van der Waals surface area contributed by atoms with Crippen LogP contribution in [-0.2, 0) is 27.2 Å². The van der Waals surface area contributed by atoms with Crippen molar-refractivity contribution < 1.29 is 24.2 Å². The lowest BCUT2D eigenvalue weighted by Gasteiger charge is -2.41. The number of carbonyl (C=O) groups excluding carboxylic acids is 2. The smallest absolute Gasteiger partial charge is 0.341 e. The highest BCUT2D eigenvalue weighted by Crippen LogP contribution is 2.46. The molecule has 2 bridgehead atoms. The van der Waals surface area contributed by atoms with Gasteiger partial charge in [0.1, 0.15) is 5.00 Å². The van der Waals surface area contributed by atoms with Crippen molar-refractivity contribution in [1.29, 1.82) is 0 Å². The lowest BCUT2D eigenvalue weighted by Crippen LogP contribution is -2.47. The molecule has 2 N–H and O–H groups in total. The number of thiophene rings is 1. The first-order chi connectivity index (χ1) is 13.9. The van der Waals surface area contributed by atoms with Gasteiger partial charge in [-0.25, -0.2) is 4.79 Å². The van der Waals surface area contributed by atoms with Gasteiger partial charge in [-0.05, 0) is 62.3 Å². The number of ether oxygens (including phenoxy) is 1. The first-order valence-electron chi connectivity index (χ1n) is 10.4. The number of hydrogen-bond donors (Lipinski definition) is 2. The Morgan fingerprint density at radius 2 is 1.86 bits per heavy atom. The van der Waals surface area contributed by atoms with E-state index in [0.717, 1.165) is 42.5 Å². The number of fused-ring (bicyclic) bond motifs is 3. The maximum absolute atomic E-state index is 13.2. The van der Waals surface area contributed by atoms with Crippen LogP contribution < -0.4 is 5.32 Å². The van der Waals surface area contributed by atoms with Crippen molar-refractivity contribution in [3.05, 3.63) is 28.2 Å². The van der Waals surface area contributed by atoms with E-state index in [0.29, 0.717) is 16.5 Å². The fourth-order valence-electron chi connectivity index (χ4n) is 5.14. The molecule has 29 heavy (non-hydrogen) atoms. The van der Waals surface area contributed by atoms with Crippen molar-refractivity contribution in [2.45, 2.75) is 46.0 Å². The third kappa shape index (κ3) is 3.61. The van der Waals surface area contributed by atoms with Crippen molar-refractivity contribution in [3.63, 3.8) is 0 Å². The number of carboxylic acids is 1. The molecule has 0 aliphatic heterocycles. The maximum atomic E-state index is 13.2. The Morgan fingerprint density at radius 3 is 2.48 bits per heavy atom. The largest absolute Gasteiger partial charge is 0.481 e. The van der Waals surface area contributed by atoms with Crippen molar-refractivity contribution in [2.24, 2.45) is 29.6 Å². The number of hydrogen-bond acceptors (Lipinski definition) is 5. The van der Waals surface area contributed by atoms with Crippen LogP contribution in [0.1, 0.15) is 53.9 Å². The highest BCUT2D eigenvalue weighted by molar-refractivity contribution is 7.17. The number of nitrogens with one attached hydrogen (secondary N) is 1. The van der Waals surface area contributed by atoms with Crippen LogP contribution in [0.5, 0.6) is 0 Å². The van der Waals surface area contributed by atoms with Gasteiger partial charge in [-0.1, -0.05) is 19.1 Å². The Labute approximate surface area is 174 Å². The second kappa shape index (κ2) is 7.94. The van der Waals surface area contributed by atoms with E-state index in [1.165, 1.54) is 11.3 Å². The fourth-order valence-corrected chi connectivity index (χ4v) is 6.54. The predicted molar refractivity (Wildman–Crippen MR) is 110 cm³/mol. The van der Waals surface area contributed by atoms with Gasteiger partial charge in [0.15, 0.2) is 0 Å². The molecule has 5 rings (SSSR count). The van der Waals surface area contributed by atoms with Crippen LogP contribution in [0.4, 0.5) is 5.00 Å². The lowest BCUT2D eigenvalue weighted by atomic mass is 9.62. The summed E-state index contributed by atoms with van der Waals surface area (Å²) in [6.07, 6.45) is 8.26. The Morgan fingerprint density at radius 1 is 1.17 bits per heavy atom. The van der Waals surface area contributed by atoms with Crippen LogP contribution in [0.25, 0.3) is 0 Å². The summed E-state index contributed by atoms with van der Waals surface area (Å²) < 4.78 is 5.27. The summed E-state index contributed by atoms with van der Waals surface area (Å²) in [4.78, 5) is 38.9. The zero-order chi connectivity index (χ0) is 20.7. The maximum Gasteiger partial charge on any atom is 0.341 e. The molecule has 156 valence electrons. The first-order valence-corrected chi connectivity index (χ1v) is 11.3. The van der Waals surface area contributed by atoms with Gasteiger partial charge in [0.2, 0.25) is 5.91 Å². The van der Waals surface area contributed by atoms with E-state index in [9.17, 15) is 19.5 Å². The summed E-state index contributed by atoms with van der Waals surface area (Å²) in [5.74, 6) is -2.58. The molecule has 1 aromatic heterocycles. The first kappa shape index (κ1) is 20.1. The fraction of sp³-hybridized carbons (Fsp3) is 0.591. The van der Waals surface area contributed by atoms with E-state index >= 15 is 0 Å². The van der Waals surface area contributed by atoms with Gasteiger partial charge < -0.3 is 15.2 Å². The standard InChI is InChI=1S/C22H27NO5S/c1-3-28-22(27)18-14-9-4-11(2)10-15(14)29-20(18)23-19(24)16-12-5-7-13(8-6-12)17(16)21(25)26/h5,7,11-13,16-17H,3-4,6,8-10H2,1-2H3,(H,23,24)(H,25,26)/t11-,12-,13+,16-,17+/m1/s1. The van der Waals surface area contributed by atoms with Crippen molar-refractivity contribution in [1.82, 2.24) is 0 Å². The Hall–Kier alpha value is -2.15. The molecule has 4 aliphatic carbocycles. The second-order valence-electron chi connectivity index (χ2n) is 8.45. The molecule has 4 aliphatic rings. The highest BCUT2D eigenvalue weighted by Gasteiger charge is 2.48. The third-order valence-corrected chi connectivity index (χ3v) is 7.73. The SMILES string of the molecule is CCOC(=O)c1c(NC(=O)[C@H]2[C@@H](C(=O)O)[C@H]3C=C[C@@H]2CC3)sc2c1CC[C@@H](C)C2. The number of amides is 1. The summed E-state index contributed by atoms with van der Waals surface area (Å²) >= 11 is 1.44. The normalized spacial score (nSPS) is 29.9. The molecule has 5 atom stereocenters. The van der Waals surface area contributed by atoms with Crippen LogP contribution in [-0.4, -0.2) is 29.6 Å². The predicted octanol–water partition coefficient (Wildman–Crippen LogP) is 3.90. The molecule has 0 unspecified atom stereocenters. The van der Waals surface area contributed by atoms with Gasteiger partial charge in [-0.3, -0.25) is 9.59 Å². The second-order valence-corrected chi connectivity index (χ2v) is 9.55. The molecule has 0 radical (unpaired) electrons. The van der Waals surface area contributed by atoms with Gasteiger partial charge in [-0.2, -0.15) is 0 Å². The minimum atomic E-state index is -0.922. The molecule has 1 saturated carbocycles. The zero-order valence-corrected chi connectivity index (χ0v) is 17.6. The number of anilines is 1. The van der Waals surface area contributed by atoms with E-state index in [2.05, 4.69) is 12.2 Å². The van der Waals surface area contributed by atoms with E-state index in [-0.39, 0.29) is 24.3 Å². The number of carbonyl (C=O) groups is 3. The molecule has 1 fully saturated rings. The Kier molecular flexibility index (Phi) is 5.51. The number of aliphatic carboxylic acids is 1. The number of carboxylic acid groups (broad SMARTS) is 1. The average molecular weight is 418 g/mol. The van der Waals surface area contributed by atoms with E-state index in [1.54, 1.807) is 6.92 Å². The van der Waals surface area contributed by atoms with Crippen LogP contribution in [0.15, 0.2) is 12.2 Å². The highest BCUT2D eigenvalue weighted by atomic mass is 32.1. The molecule has 6 nitrogen and oxygen atoms in total. The van der Waals surface area contributed by atoms with E-state index < -0.39 is 23.8 Å². The van der Waals surface area contributed by atoms with Gasteiger partial charge in [0.05, 0.1) is 24.0 Å². The molecule has 1 heterocycles. The molecular weight excluding hydrogens is 390 g/mol. The average Bonchev–Trinajstić information content (AvgIpc) is 3.04. The zero-order valence-electron chi connectivity index (χ0n) is 16.8. The number of allylic oxidation sites excluding steroid dienone is 2. The molecule has 7 heteroatoms. The van der Waals surface area contributed by atoms with Crippen molar-refractivity contribution >= 4 is 34.2 Å². The van der Waals surface area contributed by atoms with E-state index in [4.69, 9.17) is 4.74 Å². The van der Waals surface area contributed by atoms with E-state index in [1.807, 2.05) is 12.2 Å². The summed E-state index contributed by atoms with van der Waals surface area (Å²) in [5.41, 5.74) is 1.46. The molecule has 0 saturated heterocycles. The summed E-state index contributed by atoms with van der Waals surface area (Å²) in [7, 11) is 0. The lowest BCUT2D eigenvalue weighted by molar-refractivity contribution is -0.151. The number of esters is 1. The molecule has 0 aromatic carbocycles. The van der Waals surface area contributed by atoms with Crippen LogP contribution in [0.2, 0.25) is 0 Å². The quantitative estimate of drug-likeness (QED) is 0.560. The van der Waals surface area contributed by atoms with Crippen molar-refractivity contribution in [3.8, 4) is 0 Å². The van der Waals surface area contributed by atoms with Gasteiger partial charge in [0, 0.05) is 4.88 Å². The topological polar surface area (TPSA) is 92.7 Å². The van der Waals surface area contributed by atoms with Gasteiger partial charge in [0.25, 0.3) is 0 Å². The Bertz CT molecular complexity index is 873. The summed E-state index contributed by atoms with van der Waals surface area (Å²) in [5, 5.41) is 13.2. The minimum absolute atomic E-state index is 0.0678. The molecule has 1 amide bonds. The summed E-state index contributed by atoms with van der Waals surface area (Å²) in [6, 6.07) is 0. The van der Waals surface area contributed by atoms with Gasteiger partial charge in [-0.15, -0.1) is 11.3 Å². The monoisotopic (exact) mass is 417 g/mol. The molecular formula is C22H27NO5S. The van der Waals surface area contributed by atoms with Crippen molar-refractivity contribution in [2.75, 3.05) is 11.9 Å². The van der Waals surface area contributed by atoms with Crippen LogP contribution in [0, 0.1) is 29.6 Å². The van der Waals surface area contributed by atoms with Crippen LogP contribution in [0.3, 0.4) is 0 Å². The molecule has 0 spiro atoms. The Balaban J connectivity index is 1.65. The number of rotatable bonds is 5. The minimum Gasteiger partial charge on any atom is -0.481 e. The molecule has 1 aromatic rings. The van der Waals surface area contributed by atoms with Gasteiger partial charge >= 0.3 is 11.9 Å². The third-order valence-electron chi connectivity index (χ3n) is 6.56. The van der Waals surface area contributed by atoms with Crippen LogP contribution >= 0.6 is 11.3 Å². The summed E-state index contributed by atoms with van der Waals surface area (Å²) in [6.45, 7) is 4.22.